The number of hydrogen-bond donors (Lipinski definition) is 0. The highest BCUT2D eigenvalue weighted by molar-refractivity contribution is 6.14. The van der Waals surface area contributed by atoms with Crippen LogP contribution < -0.4 is 4.74 Å². The summed E-state index contributed by atoms with van der Waals surface area (Å²) in [5.74, 6) is 1.54. The second-order valence-corrected chi connectivity index (χ2v) is 12.2. The molecular weight excluding hydrogens is 552 g/mol. The van der Waals surface area contributed by atoms with Gasteiger partial charge in [0.1, 0.15) is 22.8 Å². The average Bonchev–Trinajstić information content (AvgIpc) is 3.71. The molecule has 0 saturated heterocycles. The third-order valence-electron chi connectivity index (χ3n) is 9.44. The van der Waals surface area contributed by atoms with Crippen molar-refractivity contribution in [1.29, 1.82) is 0 Å². The van der Waals surface area contributed by atoms with E-state index in [-0.39, 0.29) is 0 Å². The third kappa shape index (κ3) is 3.74. The van der Waals surface area contributed by atoms with Crippen LogP contribution in [0.4, 0.5) is 0 Å². The fourth-order valence-corrected chi connectivity index (χ4v) is 7.14. The maximum atomic E-state index is 6.59. The molecule has 0 N–H and O–H groups in total. The topological polar surface area (TPSA) is 43.8 Å². The van der Waals surface area contributed by atoms with Crippen molar-refractivity contribution in [3.8, 4) is 22.8 Å². The molecule has 0 radical (unpaired) electrons. The summed E-state index contributed by atoms with van der Waals surface area (Å²) in [6, 6.07) is 32.2. The number of imidazole rings is 2. The summed E-state index contributed by atoms with van der Waals surface area (Å²) in [6.07, 6.45) is 5.92. The zero-order valence-corrected chi connectivity index (χ0v) is 25.6. The molecule has 5 nitrogen and oxygen atoms in total. The van der Waals surface area contributed by atoms with E-state index >= 15 is 0 Å². The zero-order valence-electron chi connectivity index (χ0n) is 25.6. The zero-order chi connectivity index (χ0) is 30.4. The molecular formula is C40H30N4O. The monoisotopic (exact) mass is 582 g/mol. The molecule has 0 amide bonds. The molecule has 0 fully saturated rings. The summed E-state index contributed by atoms with van der Waals surface area (Å²) in [7, 11) is 0. The number of nitrogens with zero attached hydrogens (tertiary/aromatic N) is 4. The first-order valence-corrected chi connectivity index (χ1v) is 15.3. The molecule has 0 spiro atoms. The van der Waals surface area contributed by atoms with E-state index in [9.17, 15) is 0 Å². The van der Waals surface area contributed by atoms with Crippen LogP contribution in [0.2, 0.25) is 0 Å². The Bertz CT molecular complexity index is 2660. The van der Waals surface area contributed by atoms with E-state index in [1.807, 2.05) is 18.6 Å². The van der Waals surface area contributed by atoms with Gasteiger partial charge in [0.25, 0.3) is 0 Å². The van der Waals surface area contributed by atoms with E-state index in [1.54, 1.807) is 0 Å². The predicted octanol–water partition coefficient (Wildman–Crippen LogP) is 10.3. The van der Waals surface area contributed by atoms with E-state index in [1.165, 1.54) is 44.0 Å². The highest BCUT2D eigenvalue weighted by Gasteiger charge is 2.18. The molecule has 0 saturated carbocycles. The first kappa shape index (κ1) is 25.8. The predicted molar refractivity (Wildman–Crippen MR) is 185 cm³/mol. The van der Waals surface area contributed by atoms with Crippen molar-refractivity contribution in [1.82, 2.24) is 18.8 Å². The Balaban J connectivity index is 1.23. The summed E-state index contributed by atoms with van der Waals surface area (Å²) in [5, 5.41) is 6.83. The molecule has 216 valence electrons. The maximum absolute atomic E-state index is 6.59. The summed E-state index contributed by atoms with van der Waals surface area (Å²) in [6.45, 7) is 8.67. The van der Waals surface area contributed by atoms with Gasteiger partial charge in [-0.25, -0.2) is 9.97 Å². The van der Waals surface area contributed by atoms with Crippen LogP contribution in [0, 0.1) is 27.7 Å². The van der Waals surface area contributed by atoms with Gasteiger partial charge in [-0.1, -0.05) is 36.4 Å². The lowest BCUT2D eigenvalue weighted by Crippen LogP contribution is -1.96. The number of rotatable bonds is 3. The Morgan fingerprint density at radius 1 is 0.533 bits per heavy atom. The number of ether oxygens (including phenoxy) is 1. The van der Waals surface area contributed by atoms with E-state index < -0.39 is 0 Å². The van der Waals surface area contributed by atoms with Crippen molar-refractivity contribution in [2.45, 2.75) is 27.7 Å². The lowest BCUT2D eigenvalue weighted by Gasteiger charge is -2.15. The summed E-state index contributed by atoms with van der Waals surface area (Å²) >= 11 is 0. The molecule has 9 rings (SSSR count). The largest absolute Gasteiger partial charge is 0.457 e. The van der Waals surface area contributed by atoms with Crippen molar-refractivity contribution in [2.75, 3.05) is 0 Å². The molecule has 5 heteroatoms. The molecule has 0 aliphatic rings. The van der Waals surface area contributed by atoms with Crippen LogP contribution in [-0.4, -0.2) is 18.8 Å². The summed E-state index contributed by atoms with van der Waals surface area (Å²) in [5.41, 5.74) is 11.5. The quantitative estimate of drug-likeness (QED) is 0.195. The number of pyridine rings is 2. The van der Waals surface area contributed by atoms with Crippen LogP contribution in [0.25, 0.3) is 65.9 Å². The first-order valence-electron chi connectivity index (χ1n) is 15.3. The Morgan fingerprint density at radius 2 is 1.22 bits per heavy atom. The minimum Gasteiger partial charge on any atom is -0.457 e. The van der Waals surface area contributed by atoms with Gasteiger partial charge in [0.15, 0.2) is 0 Å². The smallest absolute Gasteiger partial charge is 0.145 e. The fourth-order valence-electron chi connectivity index (χ4n) is 7.14. The minimum absolute atomic E-state index is 0.766. The Labute approximate surface area is 260 Å². The van der Waals surface area contributed by atoms with E-state index in [4.69, 9.17) is 14.7 Å². The molecule has 0 unspecified atom stereocenters. The number of fused-ring (bicyclic) bond motifs is 12. The average molecular weight is 583 g/mol. The molecule has 0 bridgehead atoms. The van der Waals surface area contributed by atoms with Gasteiger partial charge in [0.05, 0.1) is 22.9 Å². The first-order chi connectivity index (χ1) is 22.0. The highest BCUT2D eigenvalue weighted by Crippen LogP contribution is 2.38. The second-order valence-electron chi connectivity index (χ2n) is 12.2. The number of aryl methyl sites for hydroxylation is 4. The van der Waals surface area contributed by atoms with Crippen molar-refractivity contribution in [3.63, 3.8) is 0 Å². The molecule has 45 heavy (non-hydrogen) atoms. The normalized spacial score (nSPS) is 12.0. The van der Waals surface area contributed by atoms with Gasteiger partial charge in [-0.05, 0) is 115 Å². The van der Waals surface area contributed by atoms with Gasteiger partial charge < -0.3 is 4.74 Å². The molecule has 4 aromatic heterocycles. The van der Waals surface area contributed by atoms with Crippen LogP contribution in [-0.2, 0) is 0 Å². The second kappa shape index (κ2) is 9.41. The Morgan fingerprint density at radius 3 is 2.00 bits per heavy atom. The van der Waals surface area contributed by atoms with Crippen molar-refractivity contribution < 1.29 is 4.74 Å². The summed E-state index contributed by atoms with van der Waals surface area (Å²) < 4.78 is 11.1. The van der Waals surface area contributed by atoms with E-state index in [0.717, 1.165) is 55.7 Å². The van der Waals surface area contributed by atoms with Crippen molar-refractivity contribution in [2.24, 2.45) is 0 Å². The molecule has 0 atom stereocenters. The molecule has 4 heterocycles. The lowest BCUT2D eigenvalue weighted by molar-refractivity contribution is 0.484. The summed E-state index contributed by atoms with van der Waals surface area (Å²) in [4.78, 5) is 9.75. The lowest BCUT2D eigenvalue weighted by atomic mass is 10.00. The van der Waals surface area contributed by atoms with Crippen LogP contribution in [0.5, 0.6) is 11.5 Å². The van der Waals surface area contributed by atoms with E-state index in [2.05, 4.69) is 127 Å². The SMILES string of the molecule is Cc1cc2c3ccc(Oc4ccc5c6ccccc6n6c(-c7c(C)cccc7C)cnc6c5c4)cc3c3nccn3c2cc1C. The van der Waals surface area contributed by atoms with Crippen molar-refractivity contribution >= 4 is 54.6 Å². The number of hydrogen-bond acceptors (Lipinski definition) is 3. The van der Waals surface area contributed by atoms with Gasteiger partial charge >= 0.3 is 0 Å². The van der Waals surface area contributed by atoms with Crippen LogP contribution >= 0.6 is 0 Å². The Hall–Kier alpha value is -5.68. The highest BCUT2D eigenvalue weighted by atomic mass is 16.5. The van der Waals surface area contributed by atoms with Gasteiger partial charge in [-0.15, -0.1) is 0 Å². The molecule has 9 aromatic rings. The number of benzene rings is 5. The van der Waals surface area contributed by atoms with E-state index in [0.29, 0.717) is 0 Å². The minimum atomic E-state index is 0.766. The Kier molecular flexibility index (Phi) is 5.39. The van der Waals surface area contributed by atoms with Crippen LogP contribution in [0.1, 0.15) is 22.3 Å². The van der Waals surface area contributed by atoms with Gasteiger partial charge in [0, 0.05) is 39.5 Å². The van der Waals surface area contributed by atoms with Crippen LogP contribution in [0.15, 0.2) is 110 Å². The number of aromatic nitrogens is 4. The molecule has 0 aliphatic carbocycles. The van der Waals surface area contributed by atoms with Gasteiger partial charge in [-0.2, -0.15) is 0 Å². The number of para-hydroxylation sites is 1. The van der Waals surface area contributed by atoms with Gasteiger partial charge in [-0.3, -0.25) is 8.80 Å². The standard InChI is InChI=1S/C40H30N4O/c1-23-8-7-9-24(2)38(23)37-22-42-40-34-21-28(12-14-29(34)31-10-5-6-11-35(31)44(37)40)45-27-13-15-30-32-18-25(3)26(4)19-36(32)43-17-16-41-39(43)33(30)20-27/h5-22H,1-4H3. The van der Waals surface area contributed by atoms with Crippen LogP contribution in [0.3, 0.4) is 0 Å². The fraction of sp³-hybridized carbons (Fsp3) is 0.100. The maximum Gasteiger partial charge on any atom is 0.145 e. The van der Waals surface area contributed by atoms with Gasteiger partial charge in [0.2, 0.25) is 0 Å². The molecule has 0 aliphatic heterocycles. The van der Waals surface area contributed by atoms with Crippen molar-refractivity contribution in [3.05, 3.63) is 132 Å². The third-order valence-corrected chi connectivity index (χ3v) is 9.44. The molecule has 5 aromatic carbocycles.